The maximum atomic E-state index is 13.4. The Bertz CT molecular complexity index is 1590. The smallest absolute Gasteiger partial charge is 0.306 e. The van der Waals surface area contributed by atoms with Crippen LogP contribution in [0.15, 0.2) is 72.9 Å². The van der Waals surface area contributed by atoms with Crippen LogP contribution < -0.4 is 5.32 Å². The molecule has 1 amide bonds. The fourth-order valence-electron chi connectivity index (χ4n) is 10.3. The number of esters is 1. The molecule has 0 bridgehead atoms. The zero-order valence-corrected chi connectivity index (χ0v) is 52.1. The molecule has 6 N–H and O–H groups in total. The highest BCUT2D eigenvalue weighted by Crippen LogP contribution is 2.26. The third-order valence-electron chi connectivity index (χ3n) is 15.6. The number of amides is 1. The predicted molar refractivity (Wildman–Crippen MR) is 338 cm³/mol. The van der Waals surface area contributed by atoms with E-state index in [-0.39, 0.29) is 19.4 Å². The van der Waals surface area contributed by atoms with Crippen molar-refractivity contribution >= 4 is 11.9 Å². The van der Waals surface area contributed by atoms with Crippen molar-refractivity contribution in [3.05, 3.63) is 72.9 Å². The van der Waals surface area contributed by atoms with Gasteiger partial charge in [0.05, 0.1) is 25.4 Å². The number of carbonyl (C=O) groups is 2. The van der Waals surface area contributed by atoms with Crippen molar-refractivity contribution in [2.45, 2.75) is 346 Å². The lowest BCUT2D eigenvalue weighted by Gasteiger charge is -2.41. The normalized spacial score (nSPS) is 19.1. The highest BCUT2D eigenvalue weighted by atomic mass is 16.7. The van der Waals surface area contributed by atoms with Crippen LogP contribution >= 0.6 is 0 Å². The fraction of sp³-hybridized carbons (Fsp3) is 0.800. The molecule has 0 aliphatic carbocycles. The van der Waals surface area contributed by atoms with E-state index in [1.54, 1.807) is 6.08 Å². The van der Waals surface area contributed by atoms with Gasteiger partial charge in [-0.2, -0.15) is 0 Å². The van der Waals surface area contributed by atoms with Crippen molar-refractivity contribution in [3.63, 3.8) is 0 Å². The second-order valence-electron chi connectivity index (χ2n) is 23.2. The number of hydrogen-bond donors (Lipinski definition) is 6. The van der Waals surface area contributed by atoms with E-state index in [2.05, 4.69) is 86.8 Å². The van der Waals surface area contributed by atoms with Crippen LogP contribution in [0.4, 0.5) is 0 Å². The summed E-state index contributed by atoms with van der Waals surface area (Å²) in [6.07, 6.45) is 63.9. The van der Waals surface area contributed by atoms with Gasteiger partial charge in [0, 0.05) is 6.42 Å². The van der Waals surface area contributed by atoms with E-state index in [1.165, 1.54) is 167 Å². The summed E-state index contributed by atoms with van der Waals surface area (Å²) >= 11 is 0. The Hall–Kier alpha value is -2.90. The maximum absolute atomic E-state index is 13.4. The highest BCUT2D eigenvalue weighted by Gasteiger charge is 2.47. The summed E-state index contributed by atoms with van der Waals surface area (Å²) < 4.78 is 17.6. The molecule has 1 fully saturated rings. The maximum Gasteiger partial charge on any atom is 0.306 e. The lowest BCUT2D eigenvalue weighted by molar-refractivity contribution is -0.305. The first-order chi connectivity index (χ1) is 39.7. The molecular weight excluding hydrogens is 1010 g/mol. The molecule has 0 radical (unpaired) electrons. The van der Waals surface area contributed by atoms with E-state index in [1.807, 2.05) is 6.08 Å². The van der Waals surface area contributed by atoms with Gasteiger partial charge in [-0.25, -0.2) is 0 Å². The number of ether oxygens (including phenoxy) is 3. The summed E-state index contributed by atoms with van der Waals surface area (Å²) in [4.78, 5) is 26.6. The van der Waals surface area contributed by atoms with E-state index < -0.39 is 67.4 Å². The first kappa shape index (κ1) is 76.1. The fourth-order valence-corrected chi connectivity index (χ4v) is 10.3. The molecule has 1 rings (SSSR count). The van der Waals surface area contributed by atoms with Gasteiger partial charge in [0.1, 0.15) is 24.4 Å². The number of hydrogen-bond acceptors (Lipinski definition) is 10. The zero-order valence-electron chi connectivity index (χ0n) is 52.1. The van der Waals surface area contributed by atoms with Gasteiger partial charge in [-0.15, -0.1) is 0 Å². The Labute approximate surface area is 496 Å². The Morgan fingerprint density at radius 3 is 1.36 bits per heavy atom. The minimum atomic E-state index is -1.62. The average molecular weight is 1140 g/mol. The quantitative estimate of drug-likeness (QED) is 0.0195. The molecule has 1 saturated heterocycles. The summed E-state index contributed by atoms with van der Waals surface area (Å²) in [6.45, 7) is 5.65. The molecule has 0 saturated carbocycles. The number of rotatable bonds is 57. The number of aliphatic hydroxyl groups excluding tert-OH is 5. The van der Waals surface area contributed by atoms with Crippen molar-refractivity contribution in [3.8, 4) is 0 Å². The molecule has 1 heterocycles. The van der Waals surface area contributed by atoms with E-state index in [9.17, 15) is 35.1 Å². The van der Waals surface area contributed by atoms with Crippen molar-refractivity contribution in [1.82, 2.24) is 5.32 Å². The second kappa shape index (κ2) is 57.5. The van der Waals surface area contributed by atoms with Crippen LogP contribution in [0.2, 0.25) is 0 Å². The molecule has 1 aliphatic rings. The van der Waals surface area contributed by atoms with Crippen LogP contribution in [0.3, 0.4) is 0 Å². The van der Waals surface area contributed by atoms with Gasteiger partial charge in [-0.1, -0.05) is 273 Å². The SMILES string of the molecule is CC/C=C/C/C=C/C/C=C/CCCCCC(O)C(=O)NC(COC1OC(CO)C(O)C(O)C1OC(=O)CCCCCCCCCCCCCCCCCCC/C=C\C/C=C\CCCCC)C(O)/C=C/CCCCCCCCCCCC. The number of allylic oxidation sites excluding steroid dienone is 11. The number of aliphatic hydroxyl groups is 5. The summed E-state index contributed by atoms with van der Waals surface area (Å²) in [5, 5.41) is 57.0. The molecule has 81 heavy (non-hydrogen) atoms. The Morgan fingerprint density at radius 1 is 0.494 bits per heavy atom. The van der Waals surface area contributed by atoms with E-state index in [0.717, 1.165) is 83.5 Å². The van der Waals surface area contributed by atoms with Gasteiger partial charge in [0.2, 0.25) is 5.91 Å². The van der Waals surface area contributed by atoms with Gasteiger partial charge in [-0.05, 0) is 89.9 Å². The largest absolute Gasteiger partial charge is 0.454 e. The molecule has 0 spiro atoms. The monoisotopic (exact) mass is 1140 g/mol. The molecule has 11 heteroatoms. The third-order valence-corrected chi connectivity index (χ3v) is 15.6. The third kappa shape index (κ3) is 45.2. The van der Waals surface area contributed by atoms with Gasteiger partial charge in [0.25, 0.3) is 0 Å². The molecule has 0 aromatic heterocycles. The molecule has 8 atom stereocenters. The van der Waals surface area contributed by atoms with Crippen molar-refractivity contribution in [2.75, 3.05) is 13.2 Å². The number of nitrogens with one attached hydrogen (secondary N) is 1. The zero-order chi connectivity index (χ0) is 58.9. The summed E-state index contributed by atoms with van der Waals surface area (Å²) in [5.74, 6) is -1.21. The summed E-state index contributed by atoms with van der Waals surface area (Å²) in [5.41, 5.74) is 0. The molecule has 0 aromatic rings. The van der Waals surface area contributed by atoms with Crippen LogP contribution in [-0.4, -0.2) is 99.6 Å². The topological polar surface area (TPSA) is 175 Å². The number of unbranched alkanes of at least 4 members (excludes halogenated alkanes) is 33. The minimum absolute atomic E-state index is 0.121. The Balaban J connectivity index is 2.54. The first-order valence-corrected chi connectivity index (χ1v) is 33.7. The molecule has 0 aromatic carbocycles. The van der Waals surface area contributed by atoms with Crippen molar-refractivity contribution < 1.29 is 49.3 Å². The van der Waals surface area contributed by atoms with Crippen molar-refractivity contribution in [1.29, 1.82) is 0 Å². The average Bonchev–Trinajstić information content (AvgIpc) is 3.50. The van der Waals surface area contributed by atoms with Crippen LogP contribution in [0.5, 0.6) is 0 Å². The van der Waals surface area contributed by atoms with Crippen molar-refractivity contribution in [2.24, 2.45) is 0 Å². The van der Waals surface area contributed by atoms with Crippen LogP contribution in [0, 0.1) is 0 Å². The highest BCUT2D eigenvalue weighted by molar-refractivity contribution is 5.80. The summed E-state index contributed by atoms with van der Waals surface area (Å²) in [7, 11) is 0. The first-order valence-electron chi connectivity index (χ1n) is 33.7. The molecule has 8 unspecified atom stereocenters. The van der Waals surface area contributed by atoms with E-state index in [4.69, 9.17) is 14.2 Å². The Morgan fingerprint density at radius 2 is 0.889 bits per heavy atom. The second-order valence-corrected chi connectivity index (χ2v) is 23.2. The molecule has 470 valence electrons. The number of carbonyl (C=O) groups excluding carboxylic acids is 2. The molecular formula is C70H125NO10. The van der Waals surface area contributed by atoms with Crippen LogP contribution in [-0.2, 0) is 23.8 Å². The predicted octanol–water partition coefficient (Wildman–Crippen LogP) is 16.7. The van der Waals surface area contributed by atoms with Crippen LogP contribution in [0.25, 0.3) is 0 Å². The van der Waals surface area contributed by atoms with Gasteiger partial charge in [0.15, 0.2) is 12.4 Å². The van der Waals surface area contributed by atoms with Gasteiger partial charge in [-0.3, -0.25) is 9.59 Å². The lowest BCUT2D eigenvalue weighted by atomic mass is 9.99. The van der Waals surface area contributed by atoms with Gasteiger partial charge < -0.3 is 45.1 Å². The van der Waals surface area contributed by atoms with Gasteiger partial charge >= 0.3 is 5.97 Å². The lowest BCUT2D eigenvalue weighted by Crippen LogP contribution is -2.61. The van der Waals surface area contributed by atoms with Crippen LogP contribution in [0.1, 0.15) is 297 Å². The molecule has 1 aliphatic heterocycles. The standard InChI is InChI=1S/C70H125NO10/c1-4-7-10-13-16-19-22-25-26-27-28-29-30-31-32-33-34-35-36-37-38-40-43-46-49-52-55-58-65(75)81-68-67(77)66(76)64(59-72)80-70(68)79-60-61(62(73)56-53-50-47-44-41-24-21-18-15-12-9-6-3)71-69(78)63(74)57-54-51-48-45-42-39-23-20-17-14-11-8-5-2/h8,11,16-17,19-20,25-26,39,42,53,56,61-64,66-68,70,72-74,76-77H,4-7,9-10,12-15,18,21-24,27-38,40-41,43-52,54-55,57-60H2,1-3H3,(H,71,78)/b11-8+,19-16-,20-17+,26-25-,42-39+,56-53+. The molecule has 11 nitrogen and oxygen atoms in total. The summed E-state index contributed by atoms with van der Waals surface area (Å²) in [6, 6.07) is -1.04. The van der Waals surface area contributed by atoms with E-state index in [0.29, 0.717) is 12.8 Å². The minimum Gasteiger partial charge on any atom is -0.454 e. The van der Waals surface area contributed by atoms with E-state index >= 15 is 0 Å². The Kier molecular flexibility index (Phi) is 54.1.